The monoisotopic (exact) mass is 301 g/mol. The number of aromatic nitrogens is 3. The van der Waals surface area contributed by atoms with Crippen LogP contribution in [0.25, 0.3) is 0 Å². The minimum absolute atomic E-state index is 0.0245. The van der Waals surface area contributed by atoms with Crippen molar-refractivity contribution in [3.8, 4) is 0 Å². The van der Waals surface area contributed by atoms with Gasteiger partial charge in [0.25, 0.3) is 5.91 Å². The number of hydrogen-bond donors (Lipinski definition) is 2. The number of nitrogens with zero attached hydrogens (tertiary/aromatic N) is 3. The second-order valence-electron chi connectivity index (χ2n) is 4.93. The van der Waals surface area contributed by atoms with Gasteiger partial charge >= 0.3 is 0 Å². The Morgan fingerprint density at radius 3 is 2.50 bits per heavy atom. The lowest BCUT2D eigenvalue weighted by Crippen LogP contribution is -2.32. The molecule has 0 aliphatic heterocycles. The van der Waals surface area contributed by atoms with Gasteiger partial charge in [-0.25, -0.2) is 0 Å². The third kappa shape index (κ3) is 3.69. The highest BCUT2D eigenvalue weighted by Crippen LogP contribution is 2.17. The Balaban J connectivity index is 2.21. The summed E-state index contributed by atoms with van der Waals surface area (Å²) in [6.45, 7) is 4.19. The number of hydrogen-bond acceptors (Lipinski definition) is 4. The van der Waals surface area contributed by atoms with Gasteiger partial charge in [0.05, 0.1) is 24.7 Å². The van der Waals surface area contributed by atoms with Crippen LogP contribution >= 0.6 is 0 Å². The highest BCUT2D eigenvalue weighted by atomic mass is 16.2. The molecular formula is C15H19N5O2. The Hall–Kier alpha value is -2.70. The van der Waals surface area contributed by atoms with Gasteiger partial charge in [-0.1, -0.05) is 30.3 Å². The van der Waals surface area contributed by atoms with Gasteiger partial charge in [-0.2, -0.15) is 9.90 Å². The molecule has 1 heterocycles. The van der Waals surface area contributed by atoms with Crippen LogP contribution in [0.15, 0.2) is 30.3 Å². The quantitative estimate of drug-likeness (QED) is 0.829. The third-order valence-corrected chi connectivity index (χ3v) is 3.23. The van der Waals surface area contributed by atoms with Gasteiger partial charge in [0.1, 0.15) is 0 Å². The minimum atomic E-state index is -0.489. The van der Waals surface area contributed by atoms with Crippen molar-refractivity contribution in [1.29, 1.82) is 0 Å². The van der Waals surface area contributed by atoms with E-state index in [1.807, 2.05) is 37.3 Å². The van der Waals surface area contributed by atoms with Gasteiger partial charge in [-0.15, -0.1) is 5.10 Å². The number of benzene rings is 1. The van der Waals surface area contributed by atoms with E-state index in [4.69, 9.17) is 5.73 Å². The summed E-state index contributed by atoms with van der Waals surface area (Å²) < 4.78 is 0. The van der Waals surface area contributed by atoms with Crippen LogP contribution in [0.2, 0.25) is 0 Å². The topological polar surface area (TPSA) is 103 Å². The third-order valence-electron chi connectivity index (χ3n) is 3.23. The second kappa shape index (κ2) is 6.84. The fraction of sp³-hybridized carbons (Fsp3) is 0.333. The summed E-state index contributed by atoms with van der Waals surface area (Å²) in [5.41, 5.74) is 6.90. The lowest BCUT2D eigenvalue weighted by molar-refractivity contribution is -0.118. The average molecular weight is 301 g/mol. The Kier molecular flexibility index (Phi) is 4.88. The van der Waals surface area contributed by atoms with Gasteiger partial charge in [0, 0.05) is 0 Å². The van der Waals surface area contributed by atoms with Gasteiger partial charge in [0.15, 0.2) is 5.69 Å². The molecule has 1 aromatic heterocycles. The summed E-state index contributed by atoms with van der Waals surface area (Å²) >= 11 is 0. The summed E-state index contributed by atoms with van der Waals surface area (Å²) in [6, 6.07) is 8.73. The summed E-state index contributed by atoms with van der Waals surface area (Å²) in [5, 5.41) is 11.1. The Morgan fingerprint density at radius 2 is 1.95 bits per heavy atom. The van der Waals surface area contributed by atoms with E-state index in [9.17, 15) is 9.59 Å². The van der Waals surface area contributed by atoms with E-state index in [2.05, 4.69) is 15.5 Å². The normalized spacial score (nSPS) is 11.9. The van der Waals surface area contributed by atoms with Crippen LogP contribution in [0.1, 0.15) is 41.1 Å². The molecule has 7 nitrogen and oxygen atoms in total. The maximum Gasteiger partial charge on any atom is 0.274 e. The van der Waals surface area contributed by atoms with Crippen molar-refractivity contribution in [3.63, 3.8) is 0 Å². The molecule has 2 aromatic rings. The van der Waals surface area contributed by atoms with Crippen molar-refractivity contribution in [2.45, 2.75) is 32.9 Å². The zero-order valence-electron chi connectivity index (χ0n) is 12.6. The number of nitrogens with two attached hydrogens (primary N) is 1. The highest BCUT2D eigenvalue weighted by Gasteiger charge is 2.21. The van der Waals surface area contributed by atoms with E-state index in [0.717, 1.165) is 5.56 Å². The maximum atomic E-state index is 12.4. The molecule has 0 saturated heterocycles. The number of nitrogens with one attached hydrogen (secondary N) is 1. The van der Waals surface area contributed by atoms with Gasteiger partial charge in [0.2, 0.25) is 5.91 Å². The Morgan fingerprint density at radius 1 is 1.27 bits per heavy atom. The molecule has 1 aromatic carbocycles. The molecule has 7 heteroatoms. The van der Waals surface area contributed by atoms with Crippen molar-refractivity contribution in [3.05, 3.63) is 47.3 Å². The highest BCUT2D eigenvalue weighted by molar-refractivity contribution is 5.93. The molecule has 0 saturated carbocycles. The van der Waals surface area contributed by atoms with Gasteiger partial charge < -0.3 is 11.1 Å². The summed E-state index contributed by atoms with van der Waals surface area (Å²) in [7, 11) is 0. The van der Waals surface area contributed by atoms with Crippen LogP contribution in [0.3, 0.4) is 0 Å². The zero-order chi connectivity index (χ0) is 16.1. The van der Waals surface area contributed by atoms with Crippen LogP contribution < -0.4 is 11.1 Å². The van der Waals surface area contributed by atoms with Crippen molar-refractivity contribution < 1.29 is 9.59 Å². The molecule has 0 aliphatic carbocycles. The van der Waals surface area contributed by atoms with E-state index < -0.39 is 11.9 Å². The summed E-state index contributed by atoms with van der Waals surface area (Å²) in [4.78, 5) is 25.1. The molecule has 116 valence electrons. The molecule has 3 N–H and O–H groups in total. The number of rotatable bonds is 6. The first-order chi connectivity index (χ1) is 10.5. The standard InChI is InChI=1S/C15H19N5O2/c1-3-20-18-10(2)14(19-20)15(22)17-12(9-13(16)21)11-7-5-4-6-8-11/h4-8,12H,3,9H2,1-2H3,(H2,16,21)(H,17,22)/t12-/m0/s1. The number of primary amides is 1. The SMILES string of the molecule is CCn1nc(C)c(C(=O)N[C@@H](CC(N)=O)c2ccccc2)n1. The number of carbonyl (C=O) groups excluding carboxylic acids is 2. The summed E-state index contributed by atoms with van der Waals surface area (Å²) in [5.74, 6) is -0.851. The fourth-order valence-electron chi connectivity index (χ4n) is 2.15. The van der Waals surface area contributed by atoms with Gasteiger partial charge in [-0.05, 0) is 19.4 Å². The fourth-order valence-corrected chi connectivity index (χ4v) is 2.15. The summed E-state index contributed by atoms with van der Waals surface area (Å²) in [6.07, 6.45) is 0.0245. The van der Waals surface area contributed by atoms with Gasteiger partial charge in [-0.3, -0.25) is 9.59 Å². The van der Waals surface area contributed by atoms with E-state index in [-0.39, 0.29) is 18.0 Å². The van der Waals surface area contributed by atoms with E-state index in [0.29, 0.717) is 12.2 Å². The van der Waals surface area contributed by atoms with E-state index in [1.165, 1.54) is 4.80 Å². The molecule has 0 fully saturated rings. The van der Waals surface area contributed by atoms with Crippen LogP contribution in [0, 0.1) is 6.92 Å². The van der Waals surface area contributed by atoms with Crippen LogP contribution in [0.5, 0.6) is 0 Å². The molecule has 0 aliphatic rings. The first kappa shape index (κ1) is 15.7. The zero-order valence-corrected chi connectivity index (χ0v) is 12.6. The first-order valence-electron chi connectivity index (χ1n) is 7.07. The van der Waals surface area contributed by atoms with E-state index >= 15 is 0 Å². The number of carbonyl (C=O) groups is 2. The predicted octanol–water partition coefficient (Wildman–Crippen LogP) is 0.953. The lowest BCUT2D eigenvalue weighted by atomic mass is 10.0. The molecule has 2 amide bonds. The maximum absolute atomic E-state index is 12.4. The van der Waals surface area contributed by atoms with Crippen LogP contribution in [-0.2, 0) is 11.3 Å². The Labute approximate surface area is 128 Å². The molecule has 0 bridgehead atoms. The molecular weight excluding hydrogens is 282 g/mol. The van der Waals surface area contributed by atoms with Crippen LogP contribution in [-0.4, -0.2) is 26.8 Å². The molecule has 2 rings (SSSR count). The molecule has 0 radical (unpaired) electrons. The Bertz CT molecular complexity index is 666. The van der Waals surface area contributed by atoms with Crippen molar-refractivity contribution in [2.24, 2.45) is 5.73 Å². The average Bonchev–Trinajstić information content (AvgIpc) is 2.88. The first-order valence-corrected chi connectivity index (χ1v) is 7.07. The minimum Gasteiger partial charge on any atom is -0.370 e. The van der Waals surface area contributed by atoms with E-state index in [1.54, 1.807) is 6.92 Å². The second-order valence-corrected chi connectivity index (χ2v) is 4.93. The molecule has 22 heavy (non-hydrogen) atoms. The largest absolute Gasteiger partial charge is 0.370 e. The number of aryl methyl sites for hydroxylation is 2. The lowest BCUT2D eigenvalue weighted by Gasteiger charge is -2.17. The van der Waals surface area contributed by atoms with Crippen LogP contribution in [0.4, 0.5) is 0 Å². The molecule has 0 unspecified atom stereocenters. The predicted molar refractivity (Wildman–Crippen MR) is 80.9 cm³/mol. The van der Waals surface area contributed by atoms with Crippen molar-refractivity contribution >= 4 is 11.8 Å². The smallest absolute Gasteiger partial charge is 0.274 e. The van der Waals surface area contributed by atoms with Crippen molar-refractivity contribution in [2.75, 3.05) is 0 Å². The van der Waals surface area contributed by atoms with Crippen molar-refractivity contribution in [1.82, 2.24) is 20.3 Å². The molecule has 0 spiro atoms. The molecule has 1 atom stereocenters. The number of amides is 2.